The maximum Gasteiger partial charge on any atom is 0.296 e. The number of aliphatic hydroxyl groups excluding tert-OH is 1. The minimum atomic E-state index is -1.73. The van der Waals surface area contributed by atoms with Gasteiger partial charge in [0.15, 0.2) is 5.54 Å². The topological polar surface area (TPSA) is 90.4 Å². The van der Waals surface area contributed by atoms with Crippen molar-refractivity contribution in [3.63, 3.8) is 0 Å². The van der Waals surface area contributed by atoms with Crippen LogP contribution in [0.25, 0.3) is 5.76 Å². The van der Waals surface area contributed by atoms with Crippen LogP contribution in [0.2, 0.25) is 0 Å². The van der Waals surface area contributed by atoms with E-state index in [4.69, 9.17) is 4.74 Å². The number of carbonyl (C=O) groups excluding carboxylic acids is 3. The molecular weight excluding hydrogens is 470 g/mol. The summed E-state index contributed by atoms with van der Waals surface area (Å²) in [7, 11) is 3.84. The van der Waals surface area contributed by atoms with Gasteiger partial charge in [-0.1, -0.05) is 30.9 Å². The van der Waals surface area contributed by atoms with Crippen molar-refractivity contribution >= 4 is 29.0 Å². The number of nitrogens with zero attached hydrogens (tertiary/aromatic N) is 3. The van der Waals surface area contributed by atoms with Crippen LogP contribution < -0.4 is 9.64 Å². The normalized spacial score (nSPS) is 20.3. The summed E-state index contributed by atoms with van der Waals surface area (Å²) in [5.41, 5.74) is 0.279. The quantitative estimate of drug-likeness (QED) is 0.244. The highest BCUT2D eigenvalue weighted by atomic mass is 16.5. The molecule has 1 spiro atoms. The number of hydrogen-bond acceptors (Lipinski definition) is 6. The van der Waals surface area contributed by atoms with Gasteiger partial charge in [0.2, 0.25) is 0 Å². The van der Waals surface area contributed by atoms with E-state index in [0.717, 1.165) is 5.56 Å². The van der Waals surface area contributed by atoms with Crippen molar-refractivity contribution in [2.75, 3.05) is 45.2 Å². The molecule has 1 N–H and O–H groups in total. The van der Waals surface area contributed by atoms with Crippen molar-refractivity contribution in [2.24, 2.45) is 0 Å². The third-order valence-electron chi connectivity index (χ3n) is 6.92. The molecule has 1 unspecified atom stereocenters. The first-order valence-corrected chi connectivity index (χ1v) is 12.4. The molecule has 0 radical (unpaired) electrons. The molecule has 0 aliphatic carbocycles. The number of benzene rings is 2. The number of carbonyl (C=O) groups is 3. The maximum absolute atomic E-state index is 14.2. The smallest absolute Gasteiger partial charge is 0.296 e. The van der Waals surface area contributed by atoms with Gasteiger partial charge in [0, 0.05) is 24.2 Å². The number of aliphatic hydroxyl groups is 1. The SMILES string of the molecule is C=CCOc1ccc(/C(O)=C2/C(=O)C(=O)N(CCCN(C)C)C23C(=O)N(CC)c2ccccc23)cc1C. The van der Waals surface area contributed by atoms with Crippen molar-refractivity contribution in [2.45, 2.75) is 25.8 Å². The number of fused-ring (bicyclic) bond motifs is 2. The van der Waals surface area contributed by atoms with Gasteiger partial charge >= 0.3 is 0 Å². The van der Waals surface area contributed by atoms with Crippen LogP contribution in [0.3, 0.4) is 0 Å². The van der Waals surface area contributed by atoms with E-state index in [1.54, 1.807) is 47.4 Å². The fraction of sp³-hybridized carbons (Fsp3) is 0.345. The first kappa shape index (κ1) is 26.2. The summed E-state index contributed by atoms with van der Waals surface area (Å²) in [5.74, 6) is -1.84. The van der Waals surface area contributed by atoms with Crippen LogP contribution in [-0.4, -0.2) is 72.8 Å². The van der Waals surface area contributed by atoms with Gasteiger partial charge in [-0.2, -0.15) is 0 Å². The van der Waals surface area contributed by atoms with Crippen LogP contribution in [0.1, 0.15) is 30.0 Å². The predicted molar refractivity (Wildman–Crippen MR) is 142 cm³/mol. The largest absolute Gasteiger partial charge is 0.507 e. The average Bonchev–Trinajstić information content (AvgIpc) is 3.25. The minimum absolute atomic E-state index is 0.185. The molecule has 2 heterocycles. The third-order valence-corrected chi connectivity index (χ3v) is 6.92. The van der Waals surface area contributed by atoms with E-state index in [0.29, 0.717) is 48.7 Å². The van der Waals surface area contributed by atoms with Gasteiger partial charge in [-0.05, 0) is 70.7 Å². The van der Waals surface area contributed by atoms with E-state index in [-0.39, 0.29) is 17.9 Å². The summed E-state index contributed by atoms with van der Waals surface area (Å²) in [6.45, 7) is 8.84. The molecular formula is C29H33N3O5. The summed E-state index contributed by atoms with van der Waals surface area (Å²) in [6, 6.07) is 12.2. The molecule has 0 bridgehead atoms. The lowest BCUT2D eigenvalue weighted by Gasteiger charge is -2.34. The van der Waals surface area contributed by atoms with Crippen LogP contribution in [-0.2, 0) is 19.9 Å². The number of Topliss-reactive ketones (excluding diaryl/α,β-unsaturated/α-hetero) is 1. The molecule has 2 aliphatic rings. The van der Waals surface area contributed by atoms with Gasteiger partial charge < -0.3 is 24.5 Å². The Morgan fingerprint density at radius 1 is 1.16 bits per heavy atom. The Balaban J connectivity index is 1.95. The molecule has 2 aromatic rings. The molecule has 2 aliphatic heterocycles. The van der Waals surface area contributed by atoms with Crippen LogP contribution >= 0.6 is 0 Å². The summed E-state index contributed by atoms with van der Waals surface area (Å²) in [5, 5.41) is 11.6. The highest BCUT2D eigenvalue weighted by Gasteiger charge is 2.66. The predicted octanol–water partition coefficient (Wildman–Crippen LogP) is 3.45. The Hall–Kier alpha value is -3.91. The van der Waals surface area contributed by atoms with E-state index >= 15 is 0 Å². The molecule has 1 fully saturated rings. The molecule has 37 heavy (non-hydrogen) atoms. The Bertz CT molecular complexity index is 1300. The van der Waals surface area contributed by atoms with Gasteiger partial charge in [-0.15, -0.1) is 0 Å². The number of likely N-dealkylation sites (tertiary alicyclic amines) is 1. The first-order valence-electron chi connectivity index (χ1n) is 12.4. The molecule has 0 saturated carbocycles. The maximum atomic E-state index is 14.2. The van der Waals surface area contributed by atoms with Crippen molar-refractivity contribution < 1.29 is 24.2 Å². The van der Waals surface area contributed by atoms with Crippen LogP contribution in [0.5, 0.6) is 5.75 Å². The number of hydrogen-bond donors (Lipinski definition) is 1. The Morgan fingerprint density at radius 3 is 2.54 bits per heavy atom. The Labute approximate surface area is 217 Å². The van der Waals surface area contributed by atoms with E-state index in [9.17, 15) is 19.5 Å². The number of ether oxygens (including phenoxy) is 1. The van der Waals surface area contributed by atoms with Gasteiger partial charge in [0.25, 0.3) is 17.6 Å². The van der Waals surface area contributed by atoms with Crippen molar-refractivity contribution in [3.05, 3.63) is 77.4 Å². The highest BCUT2D eigenvalue weighted by molar-refractivity contribution is 6.50. The lowest BCUT2D eigenvalue weighted by molar-refractivity contribution is -0.143. The highest BCUT2D eigenvalue weighted by Crippen LogP contribution is 2.53. The molecule has 2 amide bonds. The number of aryl methyl sites for hydroxylation is 1. The second-order valence-electron chi connectivity index (χ2n) is 9.52. The number of rotatable bonds is 9. The second-order valence-corrected chi connectivity index (χ2v) is 9.52. The molecule has 1 saturated heterocycles. The lowest BCUT2D eigenvalue weighted by atomic mass is 9.81. The van der Waals surface area contributed by atoms with Gasteiger partial charge in [0.05, 0.1) is 11.3 Å². The fourth-order valence-electron chi connectivity index (χ4n) is 5.28. The van der Waals surface area contributed by atoms with E-state index < -0.39 is 23.1 Å². The van der Waals surface area contributed by atoms with Crippen LogP contribution in [0.15, 0.2) is 60.7 Å². The number of ketones is 1. The number of anilines is 1. The molecule has 2 aromatic carbocycles. The van der Waals surface area contributed by atoms with E-state index in [2.05, 4.69) is 6.58 Å². The Morgan fingerprint density at radius 2 is 1.89 bits per heavy atom. The average molecular weight is 504 g/mol. The molecule has 0 aromatic heterocycles. The first-order chi connectivity index (χ1) is 17.7. The van der Waals surface area contributed by atoms with E-state index in [1.165, 1.54) is 4.90 Å². The van der Waals surface area contributed by atoms with Crippen molar-refractivity contribution in [1.82, 2.24) is 9.80 Å². The molecule has 8 nitrogen and oxygen atoms in total. The van der Waals surface area contributed by atoms with Crippen molar-refractivity contribution in [1.29, 1.82) is 0 Å². The molecule has 8 heteroatoms. The second kappa shape index (κ2) is 10.2. The summed E-state index contributed by atoms with van der Waals surface area (Å²) in [6.07, 6.45) is 2.19. The van der Waals surface area contributed by atoms with Gasteiger partial charge in [-0.25, -0.2) is 0 Å². The standard InChI is InChI=1S/C29H33N3O5/c1-6-17-37-23-14-13-20(18-19(23)3)25(33)24-26(34)27(35)32(16-10-15-30(4)5)29(24)21-11-8-9-12-22(21)31(7-2)28(29)36/h6,8-9,11-14,18,33H,1,7,10,15-17H2,2-5H3/b25-24+. The minimum Gasteiger partial charge on any atom is -0.507 e. The lowest BCUT2D eigenvalue weighted by Crippen LogP contribution is -2.52. The van der Waals surface area contributed by atoms with E-state index in [1.807, 2.05) is 38.9 Å². The fourth-order valence-corrected chi connectivity index (χ4v) is 5.28. The van der Waals surface area contributed by atoms with Crippen LogP contribution in [0.4, 0.5) is 5.69 Å². The monoisotopic (exact) mass is 503 g/mol. The summed E-state index contributed by atoms with van der Waals surface area (Å²) in [4.78, 5) is 46.2. The zero-order valence-electron chi connectivity index (χ0n) is 21.8. The summed E-state index contributed by atoms with van der Waals surface area (Å²) >= 11 is 0. The molecule has 1 atom stereocenters. The van der Waals surface area contributed by atoms with Gasteiger partial charge in [0.1, 0.15) is 18.1 Å². The third kappa shape index (κ3) is 4.11. The van der Waals surface area contributed by atoms with Crippen molar-refractivity contribution in [3.8, 4) is 5.75 Å². The number of para-hydroxylation sites is 1. The molecule has 194 valence electrons. The van der Waals surface area contributed by atoms with Gasteiger partial charge in [-0.3, -0.25) is 14.4 Å². The molecule has 4 rings (SSSR count). The number of likely N-dealkylation sites (N-methyl/N-ethyl adjacent to an activating group) is 1. The van der Waals surface area contributed by atoms with Crippen LogP contribution in [0, 0.1) is 6.92 Å². The summed E-state index contributed by atoms with van der Waals surface area (Å²) < 4.78 is 5.64. The zero-order chi connectivity index (χ0) is 26.9. The Kier molecular flexibility index (Phi) is 7.23. The zero-order valence-corrected chi connectivity index (χ0v) is 21.8. The number of amides is 2.